The standard InChI is InChI=1S/C22H21F5N2O/c23-21(24,22(25,26)27)14-29-11-9-15(10-12-29)13-30-20-18-7-2-1-5-16(18)17-6-3-4-8-19(17)28-20/h1-8,15H,9-14H2. The number of pyridine rings is 1. The van der Waals surface area contributed by atoms with Gasteiger partial charge in [0.15, 0.2) is 0 Å². The zero-order valence-corrected chi connectivity index (χ0v) is 16.1. The van der Waals surface area contributed by atoms with Crippen LogP contribution in [0.15, 0.2) is 48.5 Å². The van der Waals surface area contributed by atoms with Gasteiger partial charge in [-0.25, -0.2) is 4.98 Å². The van der Waals surface area contributed by atoms with Crippen LogP contribution in [-0.4, -0.2) is 48.2 Å². The molecule has 3 nitrogen and oxygen atoms in total. The Balaban J connectivity index is 1.41. The lowest BCUT2D eigenvalue weighted by Crippen LogP contribution is -2.49. The first-order valence-corrected chi connectivity index (χ1v) is 9.82. The topological polar surface area (TPSA) is 25.4 Å². The van der Waals surface area contributed by atoms with Crippen molar-refractivity contribution >= 4 is 21.7 Å². The number of alkyl halides is 5. The van der Waals surface area contributed by atoms with Crippen LogP contribution in [0.3, 0.4) is 0 Å². The third-order valence-corrected chi connectivity index (χ3v) is 5.57. The van der Waals surface area contributed by atoms with Crippen LogP contribution in [0.5, 0.6) is 5.88 Å². The van der Waals surface area contributed by atoms with E-state index in [2.05, 4.69) is 4.98 Å². The molecule has 0 amide bonds. The Bertz CT molecular complexity index is 1030. The van der Waals surface area contributed by atoms with Crippen molar-refractivity contribution in [2.75, 3.05) is 26.2 Å². The molecule has 1 aliphatic rings. The highest BCUT2D eigenvalue weighted by atomic mass is 19.4. The van der Waals surface area contributed by atoms with E-state index in [1.54, 1.807) is 0 Å². The van der Waals surface area contributed by atoms with E-state index < -0.39 is 18.6 Å². The summed E-state index contributed by atoms with van der Waals surface area (Å²) < 4.78 is 69.7. The highest BCUT2D eigenvalue weighted by Gasteiger charge is 2.58. The van der Waals surface area contributed by atoms with Crippen molar-refractivity contribution < 1.29 is 26.7 Å². The van der Waals surface area contributed by atoms with E-state index in [0.29, 0.717) is 25.3 Å². The number of nitrogens with zero attached hydrogens (tertiary/aromatic N) is 2. The smallest absolute Gasteiger partial charge is 0.454 e. The van der Waals surface area contributed by atoms with Gasteiger partial charge in [-0.05, 0) is 49.4 Å². The van der Waals surface area contributed by atoms with Crippen LogP contribution in [0.2, 0.25) is 0 Å². The maximum Gasteiger partial charge on any atom is 0.454 e. The minimum Gasteiger partial charge on any atom is -0.477 e. The molecular formula is C22H21F5N2O. The molecule has 1 saturated heterocycles. The molecule has 4 rings (SSSR count). The molecule has 2 heterocycles. The number of ether oxygens (including phenoxy) is 1. The van der Waals surface area contributed by atoms with Gasteiger partial charge in [0.25, 0.3) is 0 Å². The molecule has 0 N–H and O–H groups in total. The third kappa shape index (κ3) is 4.19. The minimum atomic E-state index is -5.52. The average molecular weight is 424 g/mol. The van der Waals surface area contributed by atoms with Gasteiger partial charge in [0.05, 0.1) is 18.7 Å². The van der Waals surface area contributed by atoms with Crippen molar-refractivity contribution in [3.63, 3.8) is 0 Å². The lowest BCUT2D eigenvalue weighted by molar-refractivity contribution is -0.287. The van der Waals surface area contributed by atoms with E-state index in [1.807, 2.05) is 48.5 Å². The van der Waals surface area contributed by atoms with Crippen molar-refractivity contribution in [2.45, 2.75) is 24.9 Å². The number of benzene rings is 2. The lowest BCUT2D eigenvalue weighted by Gasteiger charge is -2.34. The summed E-state index contributed by atoms with van der Waals surface area (Å²) in [6.45, 7) is -0.572. The SMILES string of the molecule is FC(F)(F)C(F)(F)CN1CCC(COc2nc3ccccc3c3ccccc23)CC1. The molecule has 0 spiro atoms. The molecule has 0 unspecified atom stereocenters. The van der Waals surface area contributed by atoms with E-state index in [0.717, 1.165) is 21.7 Å². The number of aromatic nitrogens is 1. The van der Waals surface area contributed by atoms with Gasteiger partial charge in [-0.2, -0.15) is 22.0 Å². The molecule has 1 aromatic heterocycles. The molecule has 0 radical (unpaired) electrons. The first-order valence-electron chi connectivity index (χ1n) is 9.82. The minimum absolute atomic E-state index is 0.0767. The van der Waals surface area contributed by atoms with Gasteiger partial charge in [0.2, 0.25) is 5.88 Å². The number of likely N-dealkylation sites (tertiary alicyclic amines) is 1. The Morgan fingerprint density at radius 3 is 2.13 bits per heavy atom. The Kier molecular flexibility index (Phi) is 5.53. The molecule has 160 valence electrons. The van der Waals surface area contributed by atoms with Gasteiger partial charge in [0.1, 0.15) is 0 Å². The molecule has 1 fully saturated rings. The van der Waals surface area contributed by atoms with Crippen LogP contribution in [0.4, 0.5) is 22.0 Å². The van der Waals surface area contributed by atoms with Crippen molar-refractivity contribution in [3.05, 3.63) is 48.5 Å². The van der Waals surface area contributed by atoms with Crippen molar-refractivity contribution in [1.82, 2.24) is 9.88 Å². The quantitative estimate of drug-likeness (QED) is 0.389. The highest BCUT2D eigenvalue weighted by Crippen LogP contribution is 2.37. The predicted octanol–water partition coefficient (Wildman–Crippen LogP) is 5.68. The number of hydrogen-bond donors (Lipinski definition) is 0. The highest BCUT2D eigenvalue weighted by molar-refractivity contribution is 6.07. The van der Waals surface area contributed by atoms with Crippen LogP contribution in [-0.2, 0) is 0 Å². The number of fused-ring (bicyclic) bond motifs is 3. The molecule has 0 bridgehead atoms. The van der Waals surface area contributed by atoms with Crippen molar-refractivity contribution in [1.29, 1.82) is 0 Å². The second-order valence-corrected chi connectivity index (χ2v) is 7.71. The van der Waals surface area contributed by atoms with Gasteiger partial charge >= 0.3 is 12.1 Å². The van der Waals surface area contributed by atoms with Crippen LogP contribution >= 0.6 is 0 Å². The second kappa shape index (κ2) is 7.98. The summed E-state index contributed by atoms with van der Waals surface area (Å²) in [5, 5.41) is 2.94. The number of hydrogen-bond acceptors (Lipinski definition) is 3. The zero-order chi connectivity index (χ0) is 21.4. The molecular weight excluding hydrogens is 403 g/mol. The third-order valence-electron chi connectivity index (χ3n) is 5.57. The molecule has 1 aliphatic heterocycles. The predicted molar refractivity (Wildman–Crippen MR) is 105 cm³/mol. The second-order valence-electron chi connectivity index (χ2n) is 7.71. The lowest BCUT2D eigenvalue weighted by atomic mass is 9.97. The van der Waals surface area contributed by atoms with Gasteiger partial charge in [0, 0.05) is 10.8 Å². The fraction of sp³-hybridized carbons (Fsp3) is 0.409. The van der Waals surface area contributed by atoms with E-state index in [1.165, 1.54) is 4.90 Å². The summed E-state index contributed by atoms with van der Waals surface area (Å²) in [4.78, 5) is 5.80. The zero-order valence-electron chi connectivity index (χ0n) is 16.1. The monoisotopic (exact) mass is 424 g/mol. The summed E-state index contributed by atoms with van der Waals surface area (Å²) in [5.41, 5.74) is 0.815. The maximum absolute atomic E-state index is 13.3. The molecule has 8 heteroatoms. The summed E-state index contributed by atoms with van der Waals surface area (Å²) >= 11 is 0. The van der Waals surface area contributed by atoms with Crippen molar-refractivity contribution in [2.24, 2.45) is 5.92 Å². The Hall–Kier alpha value is -2.48. The van der Waals surface area contributed by atoms with E-state index in [9.17, 15) is 22.0 Å². The molecule has 0 atom stereocenters. The Labute approximate surface area is 170 Å². The summed E-state index contributed by atoms with van der Waals surface area (Å²) in [6.07, 6.45) is -4.52. The first kappa shape index (κ1) is 20.8. The average Bonchev–Trinajstić information content (AvgIpc) is 2.72. The van der Waals surface area contributed by atoms with Crippen LogP contribution < -0.4 is 4.74 Å². The van der Waals surface area contributed by atoms with Gasteiger partial charge < -0.3 is 4.74 Å². The summed E-state index contributed by atoms with van der Waals surface area (Å²) in [6, 6.07) is 15.6. The van der Waals surface area contributed by atoms with Crippen LogP contribution in [0.1, 0.15) is 12.8 Å². The first-order chi connectivity index (χ1) is 14.2. The van der Waals surface area contributed by atoms with Crippen LogP contribution in [0, 0.1) is 5.92 Å². The van der Waals surface area contributed by atoms with E-state index in [4.69, 9.17) is 4.74 Å². The Morgan fingerprint density at radius 1 is 0.867 bits per heavy atom. The van der Waals surface area contributed by atoms with Gasteiger partial charge in [-0.1, -0.05) is 36.4 Å². The maximum atomic E-state index is 13.3. The fourth-order valence-corrected chi connectivity index (χ4v) is 3.86. The summed E-state index contributed by atoms with van der Waals surface area (Å²) in [7, 11) is 0. The molecule has 2 aromatic carbocycles. The van der Waals surface area contributed by atoms with Gasteiger partial charge in [-0.15, -0.1) is 0 Å². The number of para-hydroxylation sites is 1. The fourth-order valence-electron chi connectivity index (χ4n) is 3.86. The number of halogens is 5. The molecule has 30 heavy (non-hydrogen) atoms. The largest absolute Gasteiger partial charge is 0.477 e. The van der Waals surface area contributed by atoms with E-state index >= 15 is 0 Å². The molecule has 0 aliphatic carbocycles. The van der Waals surface area contributed by atoms with Crippen LogP contribution in [0.25, 0.3) is 21.7 Å². The van der Waals surface area contributed by atoms with Crippen molar-refractivity contribution in [3.8, 4) is 5.88 Å². The van der Waals surface area contributed by atoms with Gasteiger partial charge in [-0.3, -0.25) is 4.90 Å². The molecule has 3 aromatic rings. The normalized spacial score (nSPS) is 17.0. The Morgan fingerprint density at radius 2 is 1.47 bits per heavy atom. The molecule has 0 saturated carbocycles. The number of rotatable bonds is 5. The number of piperidine rings is 1. The van der Waals surface area contributed by atoms with E-state index in [-0.39, 0.29) is 19.0 Å². The summed E-state index contributed by atoms with van der Waals surface area (Å²) in [5.74, 6) is -4.10.